The first-order valence-corrected chi connectivity index (χ1v) is 10.1. The molecule has 0 aliphatic carbocycles. The number of hydrogen-bond donors (Lipinski definition) is 0. The standard InChI is InChI=1S/C19H25Cl4NO3/c1-19(2,3)13-24-27-9-6-4-5-8-26-18-15(20)11-14(12-16(18)21)25-10-7-17(22)23/h7,11-13H,4-6,8-10H2,1-3H3/b24-13+. The van der Waals surface area contributed by atoms with Gasteiger partial charge in [0, 0.05) is 23.8 Å². The number of benzene rings is 1. The Labute approximate surface area is 181 Å². The van der Waals surface area contributed by atoms with Crippen molar-refractivity contribution >= 4 is 52.6 Å². The lowest BCUT2D eigenvalue weighted by atomic mass is 10.00. The van der Waals surface area contributed by atoms with Crippen LogP contribution in [0.3, 0.4) is 0 Å². The average Bonchev–Trinajstić information content (AvgIpc) is 2.54. The van der Waals surface area contributed by atoms with E-state index in [4.69, 9.17) is 60.7 Å². The van der Waals surface area contributed by atoms with Gasteiger partial charge in [-0.2, -0.15) is 0 Å². The van der Waals surface area contributed by atoms with Gasteiger partial charge in [0.2, 0.25) is 0 Å². The average molecular weight is 457 g/mol. The van der Waals surface area contributed by atoms with Gasteiger partial charge in [0.1, 0.15) is 23.5 Å². The summed E-state index contributed by atoms with van der Waals surface area (Å²) in [6.07, 6.45) is 6.03. The predicted octanol–water partition coefficient (Wildman–Crippen LogP) is 7.29. The first kappa shape index (κ1) is 24.2. The molecule has 4 nitrogen and oxygen atoms in total. The van der Waals surface area contributed by atoms with Gasteiger partial charge in [0.15, 0.2) is 5.75 Å². The summed E-state index contributed by atoms with van der Waals surface area (Å²) in [5.74, 6) is 0.957. The summed E-state index contributed by atoms with van der Waals surface area (Å²) in [6, 6.07) is 3.28. The van der Waals surface area contributed by atoms with Gasteiger partial charge >= 0.3 is 0 Å². The Morgan fingerprint density at radius 2 is 1.63 bits per heavy atom. The van der Waals surface area contributed by atoms with Gasteiger partial charge in [-0.05, 0) is 25.3 Å². The molecule has 0 spiro atoms. The van der Waals surface area contributed by atoms with Crippen molar-refractivity contribution in [1.82, 2.24) is 0 Å². The molecule has 0 fully saturated rings. The number of hydrogen-bond acceptors (Lipinski definition) is 4. The van der Waals surface area contributed by atoms with Gasteiger partial charge in [0.05, 0.1) is 16.7 Å². The van der Waals surface area contributed by atoms with Gasteiger partial charge in [-0.3, -0.25) is 0 Å². The van der Waals surface area contributed by atoms with E-state index in [0.717, 1.165) is 19.3 Å². The summed E-state index contributed by atoms with van der Waals surface area (Å²) in [6.45, 7) is 7.52. The van der Waals surface area contributed by atoms with Crippen LogP contribution in [-0.2, 0) is 4.84 Å². The first-order valence-electron chi connectivity index (χ1n) is 8.61. The highest BCUT2D eigenvalue weighted by Gasteiger charge is 2.10. The number of ether oxygens (including phenoxy) is 2. The van der Waals surface area contributed by atoms with Crippen LogP contribution in [0, 0.1) is 5.41 Å². The number of oxime groups is 1. The molecule has 0 saturated heterocycles. The quantitative estimate of drug-likeness (QED) is 0.199. The van der Waals surface area contributed by atoms with E-state index in [0.29, 0.717) is 34.8 Å². The van der Waals surface area contributed by atoms with Crippen LogP contribution in [0.1, 0.15) is 40.0 Å². The minimum Gasteiger partial charge on any atom is -0.490 e. The molecule has 27 heavy (non-hydrogen) atoms. The predicted molar refractivity (Wildman–Crippen MR) is 115 cm³/mol. The van der Waals surface area contributed by atoms with E-state index in [9.17, 15) is 0 Å². The zero-order valence-corrected chi connectivity index (χ0v) is 18.8. The third kappa shape index (κ3) is 11.6. The molecule has 152 valence electrons. The molecule has 0 radical (unpaired) electrons. The van der Waals surface area contributed by atoms with E-state index in [1.807, 2.05) is 0 Å². The smallest absolute Gasteiger partial charge is 0.156 e. The molecule has 1 aromatic carbocycles. The highest BCUT2D eigenvalue weighted by molar-refractivity contribution is 6.55. The molecule has 0 aromatic heterocycles. The van der Waals surface area contributed by atoms with Crippen LogP contribution in [0.4, 0.5) is 0 Å². The highest BCUT2D eigenvalue weighted by Crippen LogP contribution is 2.37. The van der Waals surface area contributed by atoms with Crippen LogP contribution in [-0.4, -0.2) is 26.0 Å². The topological polar surface area (TPSA) is 40.0 Å². The Bertz CT molecular complexity index is 615. The van der Waals surface area contributed by atoms with Crippen molar-refractivity contribution in [3.05, 3.63) is 32.7 Å². The largest absolute Gasteiger partial charge is 0.490 e. The monoisotopic (exact) mass is 455 g/mol. The van der Waals surface area contributed by atoms with E-state index in [1.165, 1.54) is 6.08 Å². The molecule has 1 rings (SSSR count). The van der Waals surface area contributed by atoms with Gasteiger partial charge in [0.25, 0.3) is 0 Å². The van der Waals surface area contributed by atoms with Crippen LogP contribution in [0.15, 0.2) is 27.9 Å². The van der Waals surface area contributed by atoms with Crippen molar-refractivity contribution < 1.29 is 14.3 Å². The summed E-state index contributed by atoms with van der Waals surface area (Å²) < 4.78 is 11.3. The van der Waals surface area contributed by atoms with Crippen molar-refractivity contribution in [2.24, 2.45) is 10.6 Å². The zero-order valence-electron chi connectivity index (χ0n) is 15.7. The lowest BCUT2D eigenvalue weighted by Gasteiger charge is -2.12. The second kappa shape index (κ2) is 12.6. The summed E-state index contributed by atoms with van der Waals surface area (Å²) in [5.41, 5.74) is 0.0286. The van der Waals surface area contributed by atoms with E-state index in [2.05, 4.69) is 25.9 Å². The van der Waals surface area contributed by atoms with Crippen LogP contribution in [0.5, 0.6) is 11.5 Å². The van der Waals surface area contributed by atoms with Crippen molar-refractivity contribution in [3.8, 4) is 11.5 Å². The molecule has 0 heterocycles. The molecule has 0 amide bonds. The SMILES string of the molecule is CC(C)(C)/C=N/OCCCCCOc1c(Cl)cc(OCC=C(Cl)Cl)cc1Cl. The molecule has 0 saturated carbocycles. The van der Waals surface area contributed by atoms with Crippen molar-refractivity contribution in [3.63, 3.8) is 0 Å². The number of rotatable bonds is 11. The second-order valence-electron chi connectivity index (χ2n) is 6.86. The highest BCUT2D eigenvalue weighted by atomic mass is 35.5. The molecule has 0 atom stereocenters. The summed E-state index contributed by atoms with van der Waals surface area (Å²) in [4.78, 5) is 5.22. The maximum absolute atomic E-state index is 6.22. The summed E-state index contributed by atoms with van der Waals surface area (Å²) in [7, 11) is 0. The van der Waals surface area contributed by atoms with Gasteiger partial charge in [-0.25, -0.2) is 0 Å². The molecule has 8 heteroatoms. The number of halogens is 4. The third-order valence-corrected chi connectivity index (χ3v) is 3.97. The summed E-state index contributed by atoms with van der Waals surface area (Å²) >= 11 is 23.5. The normalized spacial score (nSPS) is 11.5. The van der Waals surface area contributed by atoms with E-state index < -0.39 is 0 Å². The molecule has 0 unspecified atom stereocenters. The van der Waals surface area contributed by atoms with E-state index in [1.54, 1.807) is 18.3 Å². The fourth-order valence-corrected chi connectivity index (χ4v) is 2.53. The third-order valence-electron chi connectivity index (χ3n) is 3.10. The first-order chi connectivity index (χ1) is 12.7. The van der Waals surface area contributed by atoms with Gasteiger partial charge in [-0.1, -0.05) is 72.3 Å². The van der Waals surface area contributed by atoms with Gasteiger partial charge < -0.3 is 14.3 Å². The van der Waals surface area contributed by atoms with Gasteiger partial charge in [-0.15, -0.1) is 0 Å². The zero-order chi connectivity index (χ0) is 20.3. The van der Waals surface area contributed by atoms with Crippen molar-refractivity contribution in [2.75, 3.05) is 19.8 Å². The lowest BCUT2D eigenvalue weighted by Crippen LogP contribution is -2.06. The molecule has 0 aliphatic heterocycles. The Kier molecular flexibility index (Phi) is 11.3. The molecule has 0 bridgehead atoms. The van der Waals surface area contributed by atoms with Crippen molar-refractivity contribution in [1.29, 1.82) is 0 Å². The van der Waals surface area contributed by atoms with Crippen LogP contribution < -0.4 is 9.47 Å². The van der Waals surface area contributed by atoms with Crippen LogP contribution in [0.25, 0.3) is 0 Å². The summed E-state index contributed by atoms with van der Waals surface area (Å²) in [5, 5.41) is 4.72. The Hall–Kier alpha value is -0.810. The van der Waals surface area contributed by atoms with E-state index >= 15 is 0 Å². The Balaban J connectivity index is 2.30. The Morgan fingerprint density at radius 1 is 1.00 bits per heavy atom. The minimum atomic E-state index is 0.0286. The number of unbranched alkanes of at least 4 members (excludes halogenated alkanes) is 2. The minimum absolute atomic E-state index is 0.0286. The fraction of sp³-hybridized carbons (Fsp3) is 0.526. The fourth-order valence-electron chi connectivity index (χ4n) is 1.83. The van der Waals surface area contributed by atoms with Crippen LogP contribution in [0.2, 0.25) is 10.0 Å². The molecule has 0 N–H and O–H groups in total. The Morgan fingerprint density at radius 3 is 2.22 bits per heavy atom. The van der Waals surface area contributed by atoms with E-state index in [-0.39, 0.29) is 16.5 Å². The lowest BCUT2D eigenvalue weighted by molar-refractivity contribution is 0.137. The van der Waals surface area contributed by atoms with Crippen LogP contribution >= 0.6 is 46.4 Å². The number of nitrogens with zero attached hydrogens (tertiary/aromatic N) is 1. The maximum atomic E-state index is 6.22. The molecular formula is C19H25Cl4NO3. The molecular weight excluding hydrogens is 432 g/mol. The maximum Gasteiger partial charge on any atom is 0.156 e. The molecule has 0 aliphatic rings. The second-order valence-corrected chi connectivity index (χ2v) is 8.69. The van der Waals surface area contributed by atoms with Crippen molar-refractivity contribution in [2.45, 2.75) is 40.0 Å². The molecule has 1 aromatic rings.